The summed E-state index contributed by atoms with van der Waals surface area (Å²) in [4.78, 5) is 21.1. The smallest absolute Gasteiger partial charge is 0.410 e. The molecule has 0 N–H and O–H groups in total. The van der Waals surface area contributed by atoms with Crippen molar-refractivity contribution >= 4 is 16.1 Å². The van der Waals surface area contributed by atoms with E-state index in [1.54, 1.807) is 4.90 Å². The number of imidazole rings is 1. The fraction of sp³-hybridized carbons (Fsp3) is 0.667. The molecule has 2 aromatic rings. The van der Waals surface area contributed by atoms with Crippen molar-refractivity contribution in [2.75, 3.05) is 45.5 Å². The third-order valence-corrected chi connectivity index (χ3v) is 10.4. The highest BCUT2D eigenvalue weighted by Crippen LogP contribution is 2.37. The number of nitrogens with zero attached hydrogens (tertiary/aromatic N) is 5. The highest BCUT2D eigenvalue weighted by atomic mass is 32.2. The number of fused-ring (bicyclic) bond motifs is 1. The van der Waals surface area contributed by atoms with E-state index in [1.807, 2.05) is 20.2 Å². The molecular formula is C30H43F2N5O4S. The first-order valence-electron chi connectivity index (χ1n) is 15.1. The zero-order valence-electron chi connectivity index (χ0n) is 24.8. The second-order valence-corrected chi connectivity index (χ2v) is 14.3. The molecule has 3 aliphatic heterocycles. The molecule has 12 heteroatoms. The number of rotatable bonds is 8. The number of amides is 1. The van der Waals surface area contributed by atoms with Gasteiger partial charge in [0.25, 0.3) is 0 Å². The summed E-state index contributed by atoms with van der Waals surface area (Å²) in [7, 11) is -3.25. The maximum atomic E-state index is 14.2. The number of ether oxygens (including phenoxy) is 1. The van der Waals surface area contributed by atoms with E-state index in [0.717, 1.165) is 57.1 Å². The fourth-order valence-electron chi connectivity index (χ4n) is 6.89. The van der Waals surface area contributed by atoms with Crippen LogP contribution < -0.4 is 0 Å². The van der Waals surface area contributed by atoms with Gasteiger partial charge in [-0.2, -0.15) is 0 Å². The fourth-order valence-corrected chi connectivity index (χ4v) is 7.77. The minimum atomic E-state index is -3.25. The molecule has 3 aliphatic rings. The normalized spacial score (nSPS) is 20.6. The number of likely N-dealkylation sites (tertiary alicyclic amines) is 1. The average molecular weight is 608 g/mol. The van der Waals surface area contributed by atoms with Crippen LogP contribution in [0.25, 0.3) is 0 Å². The van der Waals surface area contributed by atoms with E-state index in [1.165, 1.54) is 28.4 Å². The van der Waals surface area contributed by atoms with Gasteiger partial charge in [0.15, 0.2) is 0 Å². The topological polar surface area (TPSA) is 88.0 Å². The van der Waals surface area contributed by atoms with Crippen LogP contribution in [-0.2, 0) is 27.7 Å². The van der Waals surface area contributed by atoms with Gasteiger partial charge in [0.1, 0.15) is 11.6 Å². The van der Waals surface area contributed by atoms with Gasteiger partial charge in [-0.25, -0.2) is 31.3 Å². The minimum absolute atomic E-state index is 0.0411. The van der Waals surface area contributed by atoms with Gasteiger partial charge in [-0.1, -0.05) is 0 Å². The van der Waals surface area contributed by atoms with Gasteiger partial charge in [-0.3, -0.25) is 0 Å². The van der Waals surface area contributed by atoms with Crippen LogP contribution in [0.1, 0.15) is 74.9 Å². The Kier molecular flexibility index (Phi) is 9.53. The summed E-state index contributed by atoms with van der Waals surface area (Å²) < 4.78 is 61.6. The van der Waals surface area contributed by atoms with E-state index in [-0.39, 0.29) is 24.0 Å². The maximum Gasteiger partial charge on any atom is 0.410 e. The molecule has 1 aromatic carbocycles. The molecule has 0 unspecified atom stereocenters. The zero-order valence-corrected chi connectivity index (χ0v) is 25.7. The first kappa shape index (κ1) is 30.9. The number of carbonyl (C=O) groups excluding carboxylic acids is 1. The van der Waals surface area contributed by atoms with Gasteiger partial charge < -0.3 is 19.1 Å². The molecule has 5 rings (SSSR count). The molecule has 1 amide bonds. The molecule has 9 nitrogen and oxygen atoms in total. The Hall–Kier alpha value is -2.57. The summed E-state index contributed by atoms with van der Waals surface area (Å²) >= 11 is 0. The van der Waals surface area contributed by atoms with E-state index in [2.05, 4.69) is 14.5 Å². The Morgan fingerprint density at radius 2 is 1.69 bits per heavy atom. The van der Waals surface area contributed by atoms with Crippen molar-refractivity contribution in [3.8, 4) is 0 Å². The van der Waals surface area contributed by atoms with Gasteiger partial charge in [0, 0.05) is 56.9 Å². The average Bonchev–Trinajstić information content (AvgIpc) is 3.36. The molecule has 1 atom stereocenters. The first-order valence-corrected chi connectivity index (χ1v) is 17.0. The highest BCUT2D eigenvalue weighted by molar-refractivity contribution is 7.88. The Morgan fingerprint density at radius 3 is 2.31 bits per heavy atom. The second-order valence-electron chi connectivity index (χ2n) is 12.3. The SMILES string of the molecule is CC(C)OC(=O)N1CCc2c(ncn2C2CCN(CC[C@@H](c3cc(F)cc(F)c3)C3CCN(S(C)(=O)=O)CC3)CC2)C1. The van der Waals surface area contributed by atoms with Gasteiger partial charge >= 0.3 is 6.09 Å². The molecule has 232 valence electrons. The van der Waals surface area contributed by atoms with Gasteiger partial charge in [0.2, 0.25) is 10.0 Å². The predicted molar refractivity (Wildman–Crippen MR) is 156 cm³/mol. The lowest BCUT2D eigenvalue weighted by atomic mass is 9.78. The third-order valence-electron chi connectivity index (χ3n) is 9.09. The van der Waals surface area contributed by atoms with E-state index in [0.29, 0.717) is 50.6 Å². The van der Waals surface area contributed by atoms with Crippen molar-refractivity contribution in [2.24, 2.45) is 5.92 Å². The number of carbonyl (C=O) groups is 1. The van der Waals surface area contributed by atoms with Crippen LogP contribution in [0.15, 0.2) is 24.5 Å². The molecule has 0 spiro atoms. The van der Waals surface area contributed by atoms with Crippen LogP contribution in [0.3, 0.4) is 0 Å². The Balaban J connectivity index is 1.18. The summed E-state index contributed by atoms with van der Waals surface area (Å²) in [6.07, 6.45) is 7.54. The standard InChI is InChI=1S/C30H43F2N5O4S/c1-21(2)41-30(38)35-13-9-29-28(19-35)33-20-37(29)26-6-10-34(11-7-26)12-8-27(23-16-24(31)18-25(32)17-23)22-4-14-36(15-5-22)42(3,39)40/h16-18,20-22,26-27H,4-15,19H2,1-3H3/t27-/m1/s1. The van der Waals surface area contributed by atoms with Crippen molar-refractivity contribution in [3.63, 3.8) is 0 Å². The molecule has 1 aromatic heterocycles. The summed E-state index contributed by atoms with van der Waals surface area (Å²) in [5, 5.41) is 0. The number of sulfonamides is 1. The van der Waals surface area contributed by atoms with Crippen LogP contribution in [0.5, 0.6) is 0 Å². The molecule has 0 saturated carbocycles. The molecule has 4 heterocycles. The van der Waals surface area contributed by atoms with Crippen molar-refractivity contribution < 1.29 is 26.7 Å². The van der Waals surface area contributed by atoms with Crippen molar-refractivity contribution in [3.05, 3.63) is 53.1 Å². The number of hydrogen-bond acceptors (Lipinski definition) is 6. The number of halogens is 2. The minimum Gasteiger partial charge on any atom is -0.447 e. The summed E-state index contributed by atoms with van der Waals surface area (Å²) in [5.74, 6) is -1.03. The molecular weight excluding hydrogens is 564 g/mol. The first-order chi connectivity index (χ1) is 20.0. The quantitative estimate of drug-likeness (QED) is 0.438. The van der Waals surface area contributed by atoms with Crippen LogP contribution in [0.4, 0.5) is 13.6 Å². The third kappa shape index (κ3) is 7.31. The lowest BCUT2D eigenvalue weighted by Crippen LogP contribution is -2.40. The largest absolute Gasteiger partial charge is 0.447 e. The summed E-state index contributed by atoms with van der Waals surface area (Å²) in [6, 6.07) is 4.13. The van der Waals surface area contributed by atoms with E-state index in [9.17, 15) is 22.0 Å². The maximum absolute atomic E-state index is 14.2. The number of hydrogen-bond donors (Lipinski definition) is 0. The molecule has 42 heavy (non-hydrogen) atoms. The Bertz CT molecular complexity index is 1330. The number of piperidine rings is 2. The van der Waals surface area contributed by atoms with Crippen molar-refractivity contribution in [2.45, 2.75) is 77.0 Å². The van der Waals surface area contributed by atoms with Crippen LogP contribution >= 0.6 is 0 Å². The molecule has 2 fully saturated rings. The molecule has 2 saturated heterocycles. The summed E-state index contributed by atoms with van der Waals surface area (Å²) in [5.41, 5.74) is 2.81. The Morgan fingerprint density at radius 1 is 1.02 bits per heavy atom. The lowest BCUT2D eigenvalue weighted by Gasteiger charge is -2.38. The summed E-state index contributed by atoms with van der Waals surface area (Å²) in [6.45, 7) is 8.32. The monoisotopic (exact) mass is 607 g/mol. The van der Waals surface area contributed by atoms with Crippen LogP contribution in [0, 0.1) is 17.6 Å². The second kappa shape index (κ2) is 13.0. The predicted octanol–water partition coefficient (Wildman–Crippen LogP) is 4.55. The van der Waals surface area contributed by atoms with Gasteiger partial charge in [-0.15, -0.1) is 0 Å². The lowest BCUT2D eigenvalue weighted by molar-refractivity contribution is 0.0721. The molecule has 0 bridgehead atoms. The zero-order chi connectivity index (χ0) is 30.0. The number of aromatic nitrogens is 2. The van der Waals surface area contributed by atoms with Crippen molar-refractivity contribution in [1.82, 2.24) is 23.7 Å². The van der Waals surface area contributed by atoms with E-state index in [4.69, 9.17) is 4.74 Å². The molecule has 0 radical (unpaired) electrons. The molecule has 0 aliphatic carbocycles. The van der Waals surface area contributed by atoms with E-state index >= 15 is 0 Å². The van der Waals surface area contributed by atoms with Gasteiger partial charge in [0.05, 0.1) is 30.9 Å². The van der Waals surface area contributed by atoms with Gasteiger partial charge in [-0.05, 0) is 82.0 Å². The number of benzene rings is 1. The van der Waals surface area contributed by atoms with Crippen molar-refractivity contribution in [1.29, 1.82) is 0 Å². The van der Waals surface area contributed by atoms with Crippen LogP contribution in [0.2, 0.25) is 0 Å². The van der Waals surface area contributed by atoms with E-state index < -0.39 is 21.7 Å². The van der Waals surface area contributed by atoms with Crippen LogP contribution in [-0.4, -0.2) is 89.8 Å². The highest BCUT2D eigenvalue weighted by Gasteiger charge is 2.33. The Labute approximate surface area is 247 Å².